The number of ether oxygens (including phenoxy) is 1. The molecule has 0 saturated carbocycles. The van der Waals surface area contributed by atoms with Crippen LogP contribution < -0.4 is 9.04 Å². The Hall–Kier alpha value is -3.07. The van der Waals surface area contributed by atoms with Gasteiger partial charge in [0, 0.05) is 41.1 Å². The summed E-state index contributed by atoms with van der Waals surface area (Å²) in [4.78, 5) is 6.32. The summed E-state index contributed by atoms with van der Waals surface area (Å²) in [7, 11) is -0.605. The molecule has 1 atom stereocenters. The van der Waals surface area contributed by atoms with E-state index in [1.54, 1.807) is 44.5 Å². The third-order valence-corrected chi connectivity index (χ3v) is 9.79. The van der Waals surface area contributed by atoms with Crippen molar-refractivity contribution in [2.24, 2.45) is 0 Å². The first-order valence-electron chi connectivity index (χ1n) is 13.3. The lowest BCUT2D eigenvalue weighted by Crippen LogP contribution is -2.28. The molecule has 1 aliphatic rings. The van der Waals surface area contributed by atoms with Crippen LogP contribution in [-0.4, -0.2) is 39.0 Å². The highest BCUT2D eigenvalue weighted by atomic mass is 79.9. The third kappa shape index (κ3) is 6.08. The number of aromatic nitrogens is 1. The van der Waals surface area contributed by atoms with Crippen molar-refractivity contribution in [3.63, 3.8) is 0 Å². The number of likely N-dealkylation sites (tertiary alicyclic amines) is 1. The summed E-state index contributed by atoms with van der Waals surface area (Å²) in [6.45, 7) is 1.85. The van der Waals surface area contributed by atoms with E-state index in [9.17, 15) is 8.42 Å². The molecule has 8 heteroatoms. The summed E-state index contributed by atoms with van der Waals surface area (Å²) in [6.07, 6.45) is 4.83. The number of hydrogen-bond acceptors (Lipinski definition) is 4. The number of methoxy groups -OCH3 is 1. The van der Waals surface area contributed by atoms with Gasteiger partial charge in [0.05, 0.1) is 17.7 Å². The van der Waals surface area contributed by atoms with Crippen LogP contribution in [0.15, 0.2) is 94.3 Å². The Balaban J connectivity index is 1.42. The fraction of sp³-hybridized carbons (Fsp3) is 0.290. The predicted octanol–water partition coefficient (Wildman–Crippen LogP) is 7.40. The first-order chi connectivity index (χ1) is 18.9. The number of H-pyrrole nitrogens is 1. The molecule has 0 bridgehead atoms. The van der Waals surface area contributed by atoms with Crippen molar-refractivity contribution >= 4 is 31.6 Å². The normalized spacial score (nSPS) is 16.5. The summed E-state index contributed by atoms with van der Waals surface area (Å²) in [5.74, 6) is 0.616. The molecule has 0 radical (unpaired) electrons. The lowest BCUT2D eigenvalue weighted by atomic mass is 10.0. The van der Waals surface area contributed by atoms with Crippen LogP contribution in [0, 0.1) is 0 Å². The molecular formula is C31H34BrN3O3S. The molecule has 204 valence electrons. The number of benzene rings is 3. The monoisotopic (exact) mass is 607 g/mol. The van der Waals surface area contributed by atoms with Gasteiger partial charge in [0.15, 0.2) is 0 Å². The maximum absolute atomic E-state index is 13.5. The second kappa shape index (κ2) is 12.0. The highest BCUT2D eigenvalue weighted by molar-refractivity contribution is 9.10. The van der Waals surface area contributed by atoms with Crippen LogP contribution >= 0.6 is 15.9 Å². The Morgan fingerprint density at radius 2 is 1.74 bits per heavy atom. The number of rotatable bonds is 8. The van der Waals surface area contributed by atoms with E-state index >= 15 is 0 Å². The highest BCUT2D eigenvalue weighted by Gasteiger charge is 2.25. The number of anilines is 1. The fourth-order valence-corrected chi connectivity index (χ4v) is 6.81. The number of halogens is 1. The van der Waals surface area contributed by atoms with Crippen molar-refractivity contribution in [3.8, 4) is 17.0 Å². The van der Waals surface area contributed by atoms with Gasteiger partial charge in [-0.25, -0.2) is 8.42 Å². The second-order valence-corrected chi connectivity index (χ2v) is 12.8. The molecule has 1 N–H and O–H groups in total. The lowest BCUT2D eigenvalue weighted by molar-refractivity contribution is 0.190. The van der Waals surface area contributed by atoms with Crippen molar-refractivity contribution in [1.82, 2.24) is 9.88 Å². The van der Waals surface area contributed by atoms with Crippen LogP contribution in [0.2, 0.25) is 0 Å². The predicted molar refractivity (Wildman–Crippen MR) is 161 cm³/mol. The van der Waals surface area contributed by atoms with Gasteiger partial charge in [-0.1, -0.05) is 59.1 Å². The standard InChI is InChI=1S/C31H34BrN3O3S/c1-34(26-15-12-24(32)13-16-26)39(36,37)27-17-19-31(38-2)28(21-27)29-18-14-25(33-29)22-35-20-8-4-7-11-30(35)23-9-5-3-6-10-23/h3,5-6,9-10,12-19,21,30,33H,4,7-8,11,20,22H2,1-2H3/t30-/m1/s1. The van der Waals surface area contributed by atoms with E-state index in [-0.39, 0.29) is 4.90 Å². The quantitative estimate of drug-likeness (QED) is 0.227. The minimum Gasteiger partial charge on any atom is -0.496 e. The van der Waals surface area contributed by atoms with E-state index in [0.29, 0.717) is 23.0 Å². The number of nitrogens with one attached hydrogen (secondary N) is 1. The van der Waals surface area contributed by atoms with E-state index in [4.69, 9.17) is 4.74 Å². The van der Waals surface area contributed by atoms with E-state index < -0.39 is 10.0 Å². The topological polar surface area (TPSA) is 65.6 Å². The molecule has 6 nitrogen and oxygen atoms in total. The molecule has 5 rings (SSSR count). The molecule has 1 aliphatic heterocycles. The van der Waals surface area contributed by atoms with E-state index in [1.807, 2.05) is 18.2 Å². The van der Waals surface area contributed by atoms with E-state index in [2.05, 4.69) is 62.2 Å². The molecule has 1 fully saturated rings. The molecule has 2 heterocycles. The second-order valence-electron chi connectivity index (χ2n) is 9.95. The molecule has 1 aromatic heterocycles. The maximum Gasteiger partial charge on any atom is 0.264 e. The molecule has 3 aromatic carbocycles. The number of aromatic amines is 1. The van der Waals surface area contributed by atoms with Gasteiger partial charge in [-0.2, -0.15) is 0 Å². The average molecular weight is 609 g/mol. The zero-order chi connectivity index (χ0) is 27.4. The summed E-state index contributed by atoms with van der Waals surface area (Å²) < 4.78 is 34.9. The maximum atomic E-state index is 13.5. The van der Waals surface area contributed by atoms with Crippen molar-refractivity contribution in [2.45, 2.75) is 43.2 Å². The van der Waals surface area contributed by atoms with Gasteiger partial charge in [0.2, 0.25) is 0 Å². The molecule has 0 unspecified atom stereocenters. The summed E-state index contributed by atoms with van der Waals surface area (Å²) in [6, 6.07) is 27.5. The van der Waals surface area contributed by atoms with Crippen LogP contribution in [0.1, 0.15) is 43.0 Å². The van der Waals surface area contributed by atoms with Crippen LogP contribution in [0.5, 0.6) is 5.75 Å². The first-order valence-corrected chi connectivity index (χ1v) is 15.5. The van der Waals surface area contributed by atoms with E-state index in [0.717, 1.165) is 35.4 Å². The lowest BCUT2D eigenvalue weighted by Gasteiger charge is -2.30. The molecule has 4 aromatic rings. The van der Waals surface area contributed by atoms with Gasteiger partial charge in [-0.05, 0) is 79.5 Å². The number of sulfonamides is 1. The molecule has 0 spiro atoms. The molecule has 0 amide bonds. The zero-order valence-corrected chi connectivity index (χ0v) is 24.7. The van der Waals surface area contributed by atoms with Gasteiger partial charge >= 0.3 is 0 Å². The summed E-state index contributed by atoms with van der Waals surface area (Å²) in [5, 5.41) is 0. The van der Waals surface area contributed by atoms with Gasteiger partial charge < -0.3 is 9.72 Å². The van der Waals surface area contributed by atoms with Gasteiger partial charge in [-0.3, -0.25) is 9.21 Å². The number of nitrogens with zero attached hydrogens (tertiary/aromatic N) is 2. The Labute approximate surface area is 239 Å². The largest absolute Gasteiger partial charge is 0.496 e. The van der Waals surface area contributed by atoms with Crippen LogP contribution in [0.25, 0.3) is 11.3 Å². The Bertz CT molecular complexity index is 1500. The van der Waals surface area contributed by atoms with Gasteiger partial charge in [-0.15, -0.1) is 0 Å². The minimum absolute atomic E-state index is 0.205. The Kier molecular flexibility index (Phi) is 8.45. The number of hydrogen-bond donors (Lipinski definition) is 1. The minimum atomic E-state index is -3.78. The zero-order valence-electron chi connectivity index (χ0n) is 22.3. The molecule has 39 heavy (non-hydrogen) atoms. The summed E-state index contributed by atoms with van der Waals surface area (Å²) in [5.41, 5.74) is 4.58. The van der Waals surface area contributed by atoms with Crippen molar-refractivity contribution in [1.29, 1.82) is 0 Å². The van der Waals surface area contributed by atoms with Gasteiger partial charge in [0.25, 0.3) is 10.0 Å². The molecular weight excluding hydrogens is 574 g/mol. The Morgan fingerprint density at radius 3 is 2.49 bits per heavy atom. The third-order valence-electron chi connectivity index (χ3n) is 7.48. The Morgan fingerprint density at radius 1 is 0.974 bits per heavy atom. The van der Waals surface area contributed by atoms with Crippen LogP contribution in [0.4, 0.5) is 5.69 Å². The average Bonchev–Trinajstić information content (AvgIpc) is 3.30. The van der Waals surface area contributed by atoms with Crippen LogP contribution in [0.3, 0.4) is 0 Å². The molecule has 1 saturated heterocycles. The van der Waals surface area contributed by atoms with Crippen LogP contribution in [-0.2, 0) is 16.6 Å². The first kappa shape index (κ1) is 27.5. The van der Waals surface area contributed by atoms with Crippen molar-refractivity contribution in [3.05, 3.63) is 101 Å². The van der Waals surface area contributed by atoms with Crippen molar-refractivity contribution in [2.75, 3.05) is 25.0 Å². The SMILES string of the molecule is COc1ccc(S(=O)(=O)N(C)c2ccc(Br)cc2)cc1-c1ccc(CN2CCCCC[C@@H]2c2ccccc2)[nH]1. The molecule has 0 aliphatic carbocycles. The summed E-state index contributed by atoms with van der Waals surface area (Å²) >= 11 is 3.40. The van der Waals surface area contributed by atoms with Gasteiger partial charge in [0.1, 0.15) is 5.75 Å². The highest BCUT2D eigenvalue weighted by Crippen LogP contribution is 2.35. The van der Waals surface area contributed by atoms with Crippen molar-refractivity contribution < 1.29 is 13.2 Å². The van der Waals surface area contributed by atoms with E-state index in [1.165, 1.54) is 29.1 Å². The smallest absolute Gasteiger partial charge is 0.264 e. The fourth-order valence-electron chi connectivity index (χ4n) is 5.32.